The Balaban J connectivity index is 1.87. The van der Waals surface area contributed by atoms with Crippen molar-refractivity contribution >= 4 is 46.1 Å². The third kappa shape index (κ3) is 3.15. The molecular formula is C21H20Cl2N2O. The Morgan fingerprint density at radius 2 is 1.85 bits per heavy atom. The summed E-state index contributed by atoms with van der Waals surface area (Å²) >= 11 is 12.3. The lowest BCUT2D eigenvalue weighted by Crippen LogP contribution is -2.42. The van der Waals surface area contributed by atoms with Crippen LogP contribution < -0.4 is 5.32 Å². The van der Waals surface area contributed by atoms with Gasteiger partial charge in [-0.3, -0.25) is 9.79 Å². The van der Waals surface area contributed by atoms with Crippen molar-refractivity contribution in [3.63, 3.8) is 0 Å². The van der Waals surface area contributed by atoms with Crippen molar-refractivity contribution < 1.29 is 4.79 Å². The second-order valence-electron chi connectivity index (χ2n) is 7.88. The fourth-order valence-electron chi connectivity index (χ4n) is 4.00. The van der Waals surface area contributed by atoms with Crippen LogP contribution in [0.25, 0.3) is 0 Å². The minimum Gasteiger partial charge on any atom is -0.375 e. The monoisotopic (exact) mass is 386 g/mol. The zero-order valence-electron chi connectivity index (χ0n) is 14.7. The first-order chi connectivity index (χ1) is 12.3. The van der Waals surface area contributed by atoms with E-state index >= 15 is 0 Å². The molecule has 0 bridgehead atoms. The first kappa shape index (κ1) is 17.6. The number of anilines is 1. The second kappa shape index (κ2) is 6.40. The van der Waals surface area contributed by atoms with Gasteiger partial charge in [-0.25, -0.2) is 0 Å². The van der Waals surface area contributed by atoms with Gasteiger partial charge in [0.1, 0.15) is 5.78 Å². The Hall–Kier alpha value is -1.84. The van der Waals surface area contributed by atoms with Crippen molar-refractivity contribution in [2.24, 2.45) is 16.3 Å². The van der Waals surface area contributed by atoms with Crippen LogP contribution in [0.3, 0.4) is 0 Å². The van der Waals surface area contributed by atoms with Gasteiger partial charge < -0.3 is 5.32 Å². The van der Waals surface area contributed by atoms with E-state index in [2.05, 4.69) is 19.2 Å². The summed E-state index contributed by atoms with van der Waals surface area (Å²) in [5.74, 6) is -0.0796. The number of halogens is 2. The predicted octanol–water partition coefficient (Wildman–Crippen LogP) is 6.24. The molecule has 3 nitrogen and oxygen atoms in total. The van der Waals surface area contributed by atoms with Crippen molar-refractivity contribution in [2.45, 2.75) is 32.7 Å². The summed E-state index contributed by atoms with van der Waals surface area (Å²) in [6.45, 7) is 4.25. The molecule has 1 fully saturated rings. The molecule has 2 unspecified atom stereocenters. The van der Waals surface area contributed by atoms with Gasteiger partial charge in [0.15, 0.2) is 0 Å². The van der Waals surface area contributed by atoms with E-state index < -0.39 is 0 Å². The number of ketones is 1. The Morgan fingerprint density at radius 1 is 1.08 bits per heavy atom. The van der Waals surface area contributed by atoms with Gasteiger partial charge in [-0.15, -0.1) is 0 Å². The molecule has 1 aliphatic carbocycles. The van der Waals surface area contributed by atoms with E-state index in [9.17, 15) is 4.79 Å². The number of benzene rings is 2. The van der Waals surface area contributed by atoms with Gasteiger partial charge >= 0.3 is 0 Å². The highest BCUT2D eigenvalue weighted by Gasteiger charge is 2.43. The zero-order chi connectivity index (χ0) is 18.5. The van der Waals surface area contributed by atoms with Gasteiger partial charge in [-0.05, 0) is 41.7 Å². The lowest BCUT2D eigenvalue weighted by molar-refractivity contribution is -0.124. The molecule has 0 amide bonds. The van der Waals surface area contributed by atoms with E-state index in [4.69, 9.17) is 28.2 Å². The molecule has 1 saturated carbocycles. The van der Waals surface area contributed by atoms with Crippen LogP contribution in [0.15, 0.2) is 47.5 Å². The van der Waals surface area contributed by atoms with Gasteiger partial charge in [0.25, 0.3) is 0 Å². The van der Waals surface area contributed by atoms with Crippen LogP contribution in [0.5, 0.6) is 0 Å². The maximum absolute atomic E-state index is 13.1. The van der Waals surface area contributed by atoms with Crippen molar-refractivity contribution in [3.8, 4) is 0 Å². The number of nitrogens with one attached hydrogen (secondary N) is 1. The maximum atomic E-state index is 13.1. The maximum Gasteiger partial charge on any atom is 0.144 e. The molecule has 134 valence electrons. The molecule has 2 aliphatic rings. The number of carbonyl (C=O) groups is 1. The molecule has 4 rings (SSSR count). The molecule has 0 aromatic heterocycles. The fraction of sp³-hybridized carbons (Fsp3) is 0.333. The van der Waals surface area contributed by atoms with Gasteiger partial charge in [-0.2, -0.15) is 0 Å². The fourth-order valence-corrected chi connectivity index (χ4v) is 4.30. The molecule has 26 heavy (non-hydrogen) atoms. The van der Waals surface area contributed by atoms with E-state index in [0.29, 0.717) is 16.5 Å². The van der Waals surface area contributed by atoms with Gasteiger partial charge in [0.05, 0.1) is 33.4 Å². The molecule has 2 aromatic carbocycles. The summed E-state index contributed by atoms with van der Waals surface area (Å²) in [4.78, 5) is 18.0. The Kier molecular flexibility index (Phi) is 4.32. The third-order valence-corrected chi connectivity index (χ3v) is 5.87. The molecule has 0 saturated heterocycles. The van der Waals surface area contributed by atoms with Crippen molar-refractivity contribution in [1.82, 2.24) is 0 Å². The predicted molar refractivity (Wildman–Crippen MR) is 108 cm³/mol. The average molecular weight is 387 g/mol. The molecule has 2 aromatic rings. The number of Topliss-reactive ketones (excluding diaryl/α,β-unsaturated/α-hetero) is 1. The summed E-state index contributed by atoms with van der Waals surface area (Å²) in [5.41, 5.74) is 3.62. The van der Waals surface area contributed by atoms with Crippen LogP contribution in [0.4, 0.5) is 11.4 Å². The van der Waals surface area contributed by atoms with Gasteiger partial charge in [-0.1, -0.05) is 55.2 Å². The number of fused-ring (bicyclic) bond motifs is 2. The second-order valence-corrected chi connectivity index (χ2v) is 8.69. The van der Waals surface area contributed by atoms with Crippen LogP contribution in [0, 0.1) is 11.3 Å². The third-order valence-electron chi connectivity index (χ3n) is 5.13. The SMILES string of the molecule is CC1(C)CC(=O)C2C(=Nc3ccccc3NC2c2ccc(Cl)c(Cl)c2)C1. The standard InChI is InChI=1S/C21H20Cl2N2O/c1-21(2)10-17-19(18(26)11-21)20(12-7-8-13(22)14(23)9-12)25-16-6-4-3-5-15(16)24-17/h3-9,19-20,25H,10-11H2,1-2H3. The number of para-hydroxylation sites is 2. The topological polar surface area (TPSA) is 41.5 Å². The molecule has 1 aliphatic heterocycles. The van der Waals surface area contributed by atoms with E-state index in [1.54, 1.807) is 6.07 Å². The highest BCUT2D eigenvalue weighted by atomic mass is 35.5. The van der Waals surface area contributed by atoms with Crippen molar-refractivity contribution in [1.29, 1.82) is 0 Å². The molecule has 1 N–H and O–H groups in total. The lowest BCUT2D eigenvalue weighted by Gasteiger charge is -2.37. The van der Waals surface area contributed by atoms with Crippen LogP contribution in [0.1, 0.15) is 38.3 Å². The summed E-state index contributed by atoms with van der Waals surface area (Å²) in [6.07, 6.45) is 1.35. The largest absolute Gasteiger partial charge is 0.375 e. The number of hydrogen-bond donors (Lipinski definition) is 1. The number of carbonyl (C=O) groups excluding carboxylic acids is 1. The number of rotatable bonds is 1. The molecule has 0 spiro atoms. The summed E-state index contributed by atoms with van der Waals surface area (Å²) < 4.78 is 0. The van der Waals surface area contributed by atoms with E-state index in [1.807, 2.05) is 36.4 Å². The van der Waals surface area contributed by atoms with E-state index in [0.717, 1.165) is 29.1 Å². The Morgan fingerprint density at radius 3 is 2.62 bits per heavy atom. The van der Waals surface area contributed by atoms with Crippen LogP contribution in [0.2, 0.25) is 10.0 Å². The first-order valence-electron chi connectivity index (χ1n) is 8.75. The van der Waals surface area contributed by atoms with Gasteiger partial charge in [0, 0.05) is 12.1 Å². The minimum absolute atomic E-state index is 0.0755. The Bertz CT molecular complexity index is 920. The molecule has 2 atom stereocenters. The Labute approximate surface area is 163 Å². The quantitative estimate of drug-likeness (QED) is 0.630. The first-order valence-corrected chi connectivity index (χ1v) is 9.50. The van der Waals surface area contributed by atoms with Gasteiger partial charge in [0.2, 0.25) is 0 Å². The van der Waals surface area contributed by atoms with Crippen LogP contribution in [-0.2, 0) is 4.79 Å². The molecular weight excluding hydrogens is 367 g/mol. The number of hydrogen-bond acceptors (Lipinski definition) is 3. The molecule has 0 radical (unpaired) electrons. The van der Waals surface area contributed by atoms with Crippen molar-refractivity contribution in [3.05, 3.63) is 58.1 Å². The summed E-state index contributed by atoms with van der Waals surface area (Å²) in [5, 5.41) is 4.54. The molecule has 1 heterocycles. The number of aliphatic imine (C=N–C) groups is 1. The summed E-state index contributed by atoms with van der Waals surface area (Å²) in [7, 11) is 0. The van der Waals surface area contributed by atoms with E-state index in [1.165, 1.54) is 0 Å². The smallest absolute Gasteiger partial charge is 0.144 e. The van der Waals surface area contributed by atoms with Crippen LogP contribution >= 0.6 is 23.2 Å². The number of nitrogens with zero attached hydrogens (tertiary/aromatic N) is 1. The average Bonchev–Trinajstić information content (AvgIpc) is 2.72. The zero-order valence-corrected chi connectivity index (χ0v) is 16.2. The normalized spacial score (nSPS) is 24.0. The molecule has 5 heteroatoms. The van der Waals surface area contributed by atoms with E-state index in [-0.39, 0.29) is 23.2 Å². The lowest BCUT2D eigenvalue weighted by atomic mass is 9.68. The van der Waals surface area contributed by atoms with Crippen molar-refractivity contribution in [2.75, 3.05) is 5.32 Å². The minimum atomic E-state index is -0.298. The summed E-state index contributed by atoms with van der Waals surface area (Å²) in [6, 6.07) is 13.3. The van der Waals surface area contributed by atoms with Crippen LogP contribution in [-0.4, -0.2) is 11.5 Å². The highest BCUT2D eigenvalue weighted by molar-refractivity contribution is 6.42. The highest BCUT2D eigenvalue weighted by Crippen LogP contribution is 2.45.